The summed E-state index contributed by atoms with van der Waals surface area (Å²) < 4.78 is 39.4. The lowest BCUT2D eigenvalue weighted by Gasteiger charge is -2.10. The van der Waals surface area contributed by atoms with Gasteiger partial charge < -0.3 is 30.7 Å². The third kappa shape index (κ3) is 5.84. The smallest absolute Gasteiger partial charge is 0.321 e. The zero-order valence-corrected chi connectivity index (χ0v) is 20.7. The fraction of sp³-hybridized carbons (Fsp3) is 0.174. The number of amides is 3. The van der Waals surface area contributed by atoms with E-state index in [2.05, 4.69) is 31.1 Å². The monoisotopic (exact) mass is 545 g/mol. The summed E-state index contributed by atoms with van der Waals surface area (Å²) in [4.78, 5) is 32.9. The lowest BCUT2D eigenvalue weighted by Crippen LogP contribution is -2.38. The van der Waals surface area contributed by atoms with E-state index in [0.717, 1.165) is 17.4 Å². The summed E-state index contributed by atoms with van der Waals surface area (Å²) in [5.41, 5.74) is 5.54. The van der Waals surface area contributed by atoms with Crippen LogP contribution in [0.3, 0.4) is 0 Å². The number of carbonyl (C=O) groups excluding carboxylic acids is 2. The molecule has 0 saturated carbocycles. The van der Waals surface area contributed by atoms with Gasteiger partial charge in [-0.15, -0.1) is 0 Å². The highest BCUT2D eigenvalue weighted by molar-refractivity contribution is 7.19. The molecule has 0 saturated heterocycles. The van der Waals surface area contributed by atoms with Crippen molar-refractivity contribution in [1.29, 1.82) is 0 Å². The number of methoxy groups -OCH3 is 1. The molecule has 0 aliphatic carbocycles. The third-order valence-corrected chi connectivity index (χ3v) is 6.00. The van der Waals surface area contributed by atoms with E-state index in [1.165, 1.54) is 19.2 Å². The number of nitrogens with two attached hydrogens (primary N) is 1. The molecule has 3 amide bonds. The lowest BCUT2D eigenvalue weighted by atomic mass is 10.1. The number of ether oxygens (including phenoxy) is 1. The highest BCUT2D eigenvalue weighted by Gasteiger charge is 2.22. The second-order valence-corrected chi connectivity index (χ2v) is 8.84. The van der Waals surface area contributed by atoms with Crippen LogP contribution in [0.5, 0.6) is 5.75 Å². The Hall–Kier alpha value is -4.63. The molecule has 4 rings (SSSR count). The molecule has 0 aliphatic rings. The molecular formula is C23H21F2N7O5S. The maximum Gasteiger partial charge on any atom is 0.321 e. The average Bonchev–Trinajstić information content (AvgIpc) is 3.51. The van der Waals surface area contributed by atoms with Gasteiger partial charge in [-0.3, -0.25) is 10.1 Å². The molecule has 0 fully saturated rings. The van der Waals surface area contributed by atoms with Crippen LogP contribution >= 0.6 is 11.3 Å². The predicted molar refractivity (Wildman–Crippen MR) is 135 cm³/mol. The van der Waals surface area contributed by atoms with E-state index in [9.17, 15) is 18.4 Å². The Morgan fingerprint density at radius 1 is 1.18 bits per heavy atom. The number of rotatable bonds is 8. The number of aliphatic hydroxyl groups is 1. The van der Waals surface area contributed by atoms with Crippen LogP contribution in [-0.4, -0.2) is 51.9 Å². The van der Waals surface area contributed by atoms with Gasteiger partial charge >= 0.3 is 6.03 Å². The minimum Gasteiger partial charge on any atom is -0.497 e. The molecule has 0 aliphatic heterocycles. The second kappa shape index (κ2) is 11.2. The molecule has 0 bridgehead atoms. The van der Waals surface area contributed by atoms with Crippen LogP contribution in [-0.2, 0) is 0 Å². The minimum atomic E-state index is -1.01. The van der Waals surface area contributed by atoms with E-state index in [1.807, 2.05) is 0 Å². The lowest BCUT2D eigenvalue weighted by molar-refractivity contribution is 0.102. The highest BCUT2D eigenvalue weighted by atomic mass is 32.1. The van der Waals surface area contributed by atoms with Crippen LogP contribution in [0.4, 0.5) is 30.2 Å². The Kier molecular flexibility index (Phi) is 7.78. The van der Waals surface area contributed by atoms with Gasteiger partial charge in [0.1, 0.15) is 28.1 Å². The number of urea groups is 1. The van der Waals surface area contributed by atoms with Crippen molar-refractivity contribution in [2.45, 2.75) is 13.0 Å². The predicted octanol–water partition coefficient (Wildman–Crippen LogP) is 3.48. The van der Waals surface area contributed by atoms with Crippen molar-refractivity contribution < 1.29 is 32.7 Å². The highest BCUT2D eigenvalue weighted by Crippen LogP contribution is 2.35. The molecule has 6 N–H and O–H groups in total. The molecular weight excluding hydrogens is 524 g/mol. The molecule has 2 aromatic carbocycles. The first-order valence-corrected chi connectivity index (χ1v) is 11.7. The Balaban J connectivity index is 1.56. The molecule has 38 heavy (non-hydrogen) atoms. The van der Waals surface area contributed by atoms with Gasteiger partial charge in [0.05, 0.1) is 31.0 Å². The number of halogens is 2. The quantitative estimate of drug-likeness (QED) is 0.222. The molecule has 198 valence electrons. The topological polar surface area (TPSA) is 178 Å². The molecule has 1 unspecified atom stereocenters. The normalized spacial score (nSPS) is 11.6. The van der Waals surface area contributed by atoms with Gasteiger partial charge in [0, 0.05) is 11.6 Å². The number of aliphatic hydroxyl groups excluding tert-OH is 1. The summed E-state index contributed by atoms with van der Waals surface area (Å²) in [6, 6.07) is 6.72. The number of thiazole rings is 1. The van der Waals surface area contributed by atoms with Gasteiger partial charge in [0.2, 0.25) is 5.82 Å². The van der Waals surface area contributed by atoms with Gasteiger partial charge in [-0.05, 0) is 31.2 Å². The van der Waals surface area contributed by atoms with Gasteiger partial charge in [-0.1, -0.05) is 22.6 Å². The molecule has 15 heteroatoms. The van der Waals surface area contributed by atoms with Gasteiger partial charge in [-0.25, -0.2) is 18.6 Å². The van der Waals surface area contributed by atoms with Crippen LogP contribution in [0.1, 0.15) is 17.3 Å². The first-order chi connectivity index (χ1) is 18.2. The number of hydrogen-bond donors (Lipinski definition) is 5. The van der Waals surface area contributed by atoms with Gasteiger partial charge in [-0.2, -0.15) is 4.98 Å². The maximum absolute atomic E-state index is 14.6. The van der Waals surface area contributed by atoms with E-state index in [0.29, 0.717) is 11.8 Å². The number of aromatic nitrogens is 3. The molecule has 0 spiro atoms. The van der Waals surface area contributed by atoms with Crippen molar-refractivity contribution in [2.24, 2.45) is 0 Å². The van der Waals surface area contributed by atoms with Crippen LogP contribution in [0.15, 0.2) is 40.9 Å². The van der Waals surface area contributed by atoms with Crippen molar-refractivity contribution in [3.63, 3.8) is 0 Å². The fourth-order valence-corrected chi connectivity index (χ4v) is 3.94. The minimum absolute atomic E-state index is 0.0403. The Labute approximate surface area is 217 Å². The summed E-state index contributed by atoms with van der Waals surface area (Å²) >= 11 is 0.915. The maximum atomic E-state index is 14.6. The Bertz CT molecular complexity index is 1490. The van der Waals surface area contributed by atoms with E-state index in [-0.39, 0.29) is 51.0 Å². The van der Waals surface area contributed by atoms with Crippen molar-refractivity contribution in [2.75, 3.05) is 30.1 Å². The number of nitrogens with one attached hydrogen (secondary N) is 3. The standard InChI is InChI=1S/C23H21F2N7O5S/c1-10(9-33)27-22(35)31-23-29-18(26)17(38-23)21-30-19(32-37-21)13-7-16(15(25)8-14(13)24)28-20(34)11-4-3-5-12(6-11)36-2/h3-8,10,33H,9,26H2,1-2H3,(H,28,34)(H2,27,29,31,35). The molecule has 2 aromatic heterocycles. The Morgan fingerprint density at radius 3 is 2.71 bits per heavy atom. The van der Waals surface area contributed by atoms with E-state index >= 15 is 0 Å². The average molecular weight is 546 g/mol. The molecule has 2 heterocycles. The molecule has 4 aromatic rings. The first-order valence-electron chi connectivity index (χ1n) is 10.9. The van der Waals surface area contributed by atoms with Crippen molar-refractivity contribution >= 4 is 39.9 Å². The third-order valence-electron chi connectivity index (χ3n) is 5.02. The van der Waals surface area contributed by atoms with Gasteiger partial charge in [0.15, 0.2) is 5.13 Å². The molecule has 0 radical (unpaired) electrons. The van der Waals surface area contributed by atoms with Crippen molar-refractivity contribution in [1.82, 2.24) is 20.4 Å². The zero-order valence-electron chi connectivity index (χ0n) is 19.9. The number of anilines is 3. The van der Waals surface area contributed by atoms with Crippen LogP contribution in [0.25, 0.3) is 22.2 Å². The summed E-state index contributed by atoms with van der Waals surface area (Å²) in [6.07, 6.45) is 0. The van der Waals surface area contributed by atoms with Crippen LogP contribution in [0, 0.1) is 11.6 Å². The van der Waals surface area contributed by atoms with Gasteiger partial charge in [0.25, 0.3) is 11.8 Å². The van der Waals surface area contributed by atoms with Crippen LogP contribution in [0.2, 0.25) is 0 Å². The van der Waals surface area contributed by atoms with Crippen molar-refractivity contribution in [3.8, 4) is 27.9 Å². The summed E-state index contributed by atoms with van der Waals surface area (Å²) in [5.74, 6) is -2.64. The zero-order chi connectivity index (χ0) is 27.4. The fourth-order valence-electron chi connectivity index (χ4n) is 3.14. The largest absolute Gasteiger partial charge is 0.497 e. The van der Waals surface area contributed by atoms with Crippen LogP contribution < -0.4 is 26.4 Å². The number of nitrogen functional groups attached to an aromatic ring is 1. The first kappa shape index (κ1) is 26.4. The van der Waals surface area contributed by atoms with E-state index < -0.39 is 29.6 Å². The molecule has 12 nitrogen and oxygen atoms in total. The SMILES string of the molecule is COc1cccc(C(=O)Nc2cc(-c3noc(-c4sc(NC(=O)NC(C)CO)nc4N)n3)c(F)cc2F)c1. The number of hydrogen-bond acceptors (Lipinski definition) is 10. The summed E-state index contributed by atoms with van der Waals surface area (Å²) in [6.45, 7) is 1.35. The Morgan fingerprint density at radius 2 is 1.97 bits per heavy atom. The van der Waals surface area contributed by atoms with Crippen molar-refractivity contribution in [3.05, 3.63) is 53.6 Å². The summed E-state index contributed by atoms with van der Waals surface area (Å²) in [5, 5.41) is 20.2. The number of nitrogens with zero attached hydrogens (tertiary/aromatic N) is 3. The summed E-state index contributed by atoms with van der Waals surface area (Å²) in [7, 11) is 1.44. The van der Waals surface area contributed by atoms with E-state index in [4.69, 9.17) is 20.1 Å². The molecule has 1 atom stereocenters. The van der Waals surface area contributed by atoms with E-state index in [1.54, 1.807) is 19.1 Å². The number of carbonyl (C=O) groups is 2. The number of benzene rings is 2. The second-order valence-electron chi connectivity index (χ2n) is 7.84.